The fourth-order valence-corrected chi connectivity index (χ4v) is 1.53. The number of carbonyl (C=O) groups excluding carboxylic acids is 1. The first-order chi connectivity index (χ1) is 8.66. The van der Waals surface area contributed by atoms with Crippen molar-refractivity contribution in [3.63, 3.8) is 0 Å². The van der Waals surface area contributed by atoms with Crippen LogP contribution in [0, 0.1) is 6.92 Å². The average Bonchev–Trinajstić information content (AvgIpc) is 2.37. The van der Waals surface area contributed by atoms with Gasteiger partial charge in [0.15, 0.2) is 0 Å². The van der Waals surface area contributed by atoms with Gasteiger partial charge in [0, 0.05) is 18.3 Å². The quantitative estimate of drug-likeness (QED) is 0.642. The minimum atomic E-state index is -1.26. The topological polar surface area (TPSA) is 77.9 Å². The summed E-state index contributed by atoms with van der Waals surface area (Å²) in [5.41, 5.74) is 1.50. The first-order valence-electron chi connectivity index (χ1n) is 5.49. The summed E-state index contributed by atoms with van der Waals surface area (Å²) in [6.07, 6.45) is 1.25. The van der Waals surface area contributed by atoms with Crippen LogP contribution >= 0.6 is 0 Å². The van der Waals surface area contributed by atoms with Gasteiger partial charge in [0.1, 0.15) is 0 Å². The number of carboxylic acids is 1. The van der Waals surface area contributed by atoms with Crippen molar-refractivity contribution >= 4 is 11.9 Å². The first kappa shape index (κ1) is 16.3. The van der Waals surface area contributed by atoms with E-state index in [1.54, 1.807) is 6.92 Å². The number of rotatable bonds is 4. The van der Waals surface area contributed by atoms with E-state index in [1.165, 1.54) is 6.20 Å². The molecule has 1 heterocycles. The summed E-state index contributed by atoms with van der Waals surface area (Å²) in [4.78, 5) is 18.7. The SMILES string of the molecule is Cc1nc(NCc2ccccc2)ncc1C(=O)[O-].[K+]. The largest absolute Gasteiger partial charge is 1.00 e. The van der Waals surface area contributed by atoms with E-state index in [9.17, 15) is 9.90 Å². The second-order valence-corrected chi connectivity index (χ2v) is 3.82. The number of hydrogen-bond acceptors (Lipinski definition) is 5. The van der Waals surface area contributed by atoms with Crippen LogP contribution in [0.4, 0.5) is 5.95 Å². The Bertz CT molecular complexity index is 561. The number of carbonyl (C=O) groups is 1. The normalized spacial score (nSPS) is 9.53. The van der Waals surface area contributed by atoms with Crippen molar-refractivity contribution in [2.45, 2.75) is 13.5 Å². The predicted octanol–water partition coefficient (Wildman–Crippen LogP) is -2.24. The van der Waals surface area contributed by atoms with Crippen molar-refractivity contribution in [2.24, 2.45) is 0 Å². The zero-order valence-electron chi connectivity index (χ0n) is 10.9. The van der Waals surface area contributed by atoms with Crippen molar-refractivity contribution in [3.05, 3.63) is 53.3 Å². The van der Waals surface area contributed by atoms with Crippen molar-refractivity contribution in [2.75, 3.05) is 5.32 Å². The molecule has 1 aromatic carbocycles. The molecule has 92 valence electrons. The second-order valence-electron chi connectivity index (χ2n) is 3.82. The minimum Gasteiger partial charge on any atom is -0.545 e. The predicted molar refractivity (Wildman–Crippen MR) is 64.9 cm³/mol. The van der Waals surface area contributed by atoms with E-state index in [2.05, 4.69) is 15.3 Å². The van der Waals surface area contributed by atoms with E-state index in [0.717, 1.165) is 5.56 Å². The zero-order chi connectivity index (χ0) is 13.0. The summed E-state index contributed by atoms with van der Waals surface area (Å²) in [7, 11) is 0. The van der Waals surface area contributed by atoms with Gasteiger partial charge in [-0.3, -0.25) is 0 Å². The number of nitrogens with zero attached hydrogens (tertiary/aromatic N) is 2. The van der Waals surface area contributed by atoms with Crippen LogP contribution in [0.25, 0.3) is 0 Å². The van der Waals surface area contributed by atoms with Gasteiger partial charge in [0.2, 0.25) is 5.95 Å². The number of hydrogen-bond donors (Lipinski definition) is 1. The van der Waals surface area contributed by atoms with E-state index >= 15 is 0 Å². The molecule has 0 radical (unpaired) electrons. The maximum absolute atomic E-state index is 10.7. The van der Waals surface area contributed by atoms with E-state index in [-0.39, 0.29) is 56.9 Å². The molecule has 2 aromatic rings. The molecule has 6 heteroatoms. The van der Waals surface area contributed by atoms with E-state index in [1.807, 2.05) is 30.3 Å². The van der Waals surface area contributed by atoms with Gasteiger partial charge in [-0.25, -0.2) is 9.97 Å². The van der Waals surface area contributed by atoms with Crippen LogP contribution in [0.1, 0.15) is 21.6 Å². The van der Waals surface area contributed by atoms with Crippen molar-refractivity contribution < 1.29 is 61.3 Å². The van der Waals surface area contributed by atoms with E-state index < -0.39 is 5.97 Å². The van der Waals surface area contributed by atoms with Crippen LogP contribution in [-0.2, 0) is 6.54 Å². The Hall–Kier alpha value is -0.794. The molecule has 0 atom stereocenters. The summed E-state index contributed by atoms with van der Waals surface area (Å²) in [5.74, 6) is -0.858. The monoisotopic (exact) mass is 281 g/mol. The smallest absolute Gasteiger partial charge is 0.545 e. The maximum Gasteiger partial charge on any atom is 1.00 e. The standard InChI is InChI=1S/C13H13N3O2.K/c1-9-11(12(17)18)8-15-13(16-9)14-7-10-5-3-2-4-6-10;/h2-6,8H,7H2,1H3,(H,17,18)(H,14,15,16);/q;+1/p-1. The van der Waals surface area contributed by atoms with Crippen LogP contribution in [0.15, 0.2) is 36.5 Å². The molecule has 1 N–H and O–H groups in total. The molecule has 0 aliphatic carbocycles. The number of nitrogens with one attached hydrogen (secondary N) is 1. The Morgan fingerprint density at radius 2 is 2.00 bits per heavy atom. The molecule has 0 saturated heterocycles. The summed E-state index contributed by atoms with van der Waals surface area (Å²) in [5, 5.41) is 13.7. The van der Waals surface area contributed by atoms with Crippen LogP contribution in [0.3, 0.4) is 0 Å². The first-order valence-corrected chi connectivity index (χ1v) is 5.49. The van der Waals surface area contributed by atoms with Gasteiger partial charge in [-0.05, 0) is 12.5 Å². The molecule has 19 heavy (non-hydrogen) atoms. The molecule has 0 unspecified atom stereocenters. The van der Waals surface area contributed by atoms with Crippen LogP contribution in [0.2, 0.25) is 0 Å². The van der Waals surface area contributed by atoms with Gasteiger partial charge < -0.3 is 15.2 Å². The third-order valence-corrected chi connectivity index (χ3v) is 2.49. The summed E-state index contributed by atoms with van der Waals surface area (Å²) < 4.78 is 0. The molecular weight excluding hydrogens is 269 g/mol. The van der Waals surface area contributed by atoms with Gasteiger partial charge in [-0.1, -0.05) is 30.3 Å². The number of carboxylic acid groups (broad SMARTS) is 1. The number of aromatic carboxylic acids is 1. The van der Waals surface area contributed by atoms with Gasteiger partial charge >= 0.3 is 51.4 Å². The third-order valence-electron chi connectivity index (χ3n) is 2.49. The van der Waals surface area contributed by atoms with Gasteiger partial charge in [-0.15, -0.1) is 0 Å². The summed E-state index contributed by atoms with van der Waals surface area (Å²) >= 11 is 0. The number of aryl methyl sites for hydroxylation is 1. The molecule has 0 aliphatic rings. The Morgan fingerprint density at radius 3 is 2.58 bits per heavy atom. The molecule has 0 saturated carbocycles. The van der Waals surface area contributed by atoms with Crippen LogP contribution in [0.5, 0.6) is 0 Å². The average molecular weight is 281 g/mol. The molecule has 5 nitrogen and oxygen atoms in total. The molecule has 0 amide bonds. The molecule has 0 fully saturated rings. The second kappa shape index (κ2) is 7.71. The van der Waals surface area contributed by atoms with E-state index in [4.69, 9.17) is 0 Å². The van der Waals surface area contributed by atoms with Gasteiger partial charge in [0.25, 0.3) is 0 Å². The maximum atomic E-state index is 10.7. The third kappa shape index (κ3) is 4.66. The van der Waals surface area contributed by atoms with Crippen LogP contribution < -0.4 is 61.8 Å². The van der Waals surface area contributed by atoms with Gasteiger partial charge in [0.05, 0.1) is 11.7 Å². The Morgan fingerprint density at radius 1 is 1.32 bits per heavy atom. The van der Waals surface area contributed by atoms with Crippen molar-refractivity contribution in [1.82, 2.24) is 9.97 Å². The number of aromatic nitrogens is 2. The molecule has 0 spiro atoms. The Balaban J connectivity index is 0.00000180. The van der Waals surface area contributed by atoms with Gasteiger partial charge in [-0.2, -0.15) is 0 Å². The Labute approximate surface area is 153 Å². The molecule has 1 aromatic heterocycles. The van der Waals surface area contributed by atoms with Crippen molar-refractivity contribution in [1.29, 1.82) is 0 Å². The summed E-state index contributed by atoms with van der Waals surface area (Å²) in [6, 6.07) is 9.80. The van der Waals surface area contributed by atoms with Crippen LogP contribution in [-0.4, -0.2) is 15.9 Å². The molecule has 0 aliphatic heterocycles. The fourth-order valence-electron chi connectivity index (χ4n) is 1.53. The molecular formula is C13H12KN3O2. The Kier molecular flexibility index (Phi) is 6.60. The zero-order valence-corrected chi connectivity index (χ0v) is 14.0. The fraction of sp³-hybridized carbons (Fsp3) is 0.154. The van der Waals surface area contributed by atoms with Crippen molar-refractivity contribution in [3.8, 4) is 0 Å². The molecule has 0 bridgehead atoms. The summed E-state index contributed by atoms with van der Waals surface area (Å²) in [6.45, 7) is 2.20. The number of anilines is 1. The minimum absolute atomic E-state index is 0. The number of benzene rings is 1. The van der Waals surface area contributed by atoms with E-state index in [0.29, 0.717) is 18.2 Å². The molecule has 2 rings (SSSR count).